The Hall–Kier alpha value is -2.06. The molecular weight excluding hydrogens is 387 g/mol. The van der Waals surface area contributed by atoms with Crippen LogP contribution in [0.1, 0.15) is 17.4 Å². The third-order valence-electron chi connectivity index (χ3n) is 3.14. The second kappa shape index (κ2) is 6.21. The van der Waals surface area contributed by atoms with E-state index in [9.17, 15) is 14.3 Å². The van der Waals surface area contributed by atoms with Gasteiger partial charge in [-0.3, -0.25) is 0 Å². The number of hydrogen-bond donors (Lipinski definition) is 1. The molecule has 1 N–H and O–H groups in total. The predicted molar refractivity (Wildman–Crippen MR) is 88.1 cm³/mol. The fourth-order valence-electron chi connectivity index (χ4n) is 2.12. The van der Waals surface area contributed by atoms with Crippen molar-refractivity contribution in [2.24, 2.45) is 0 Å². The lowest BCUT2D eigenvalue weighted by molar-refractivity contribution is 0.0516. The van der Waals surface area contributed by atoms with Gasteiger partial charge in [0.1, 0.15) is 10.4 Å². The summed E-state index contributed by atoms with van der Waals surface area (Å²) in [6.07, 6.45) is 0. The van der Waals surface area contributed by atoms with Crippen molar-refractivity contribution in [3.05, 3.63) is 40.4 Å². The van der Waals surface area contributed by atoms with Crippen molar-refractivity contribution in [1.82, 2.24) is 9.36 Å². The first-order valence-electron chi connectivity index (χ1n) is 6.63. The molecule has 3 rings (SSSR count). The van der Waals surface area contributed by atoms with Gasteiger partial charge in [0.2, 0.25) is 0 Å². The SMILES string of the molecule is CCOC(=O)c1nc(Br)c2snc(-c3ccc(F)cc3)c2c1O. The molecule has 5 nitrogen and oxygen atoms in total. The van der Waals surface area contributed by atoms with E-state index in [1.165, 1.54) is 12.1 Å². The predicted octanol–water partition coefficient (Wildman–Crippen LogP) is 4.14. The molecule has 0 aliphatic heterocycles. The van der Waals surface area contributed by atoms with Gasteiger partial charge in [-0.2, -0.15) is 4.37 Å². The van der Waals surface area contributed by atoms with E-state index in [1.807, 2.05) is 0 Å². The summed E-state index contributed by atoms with van der Waals surface area (Å²) in [7, 11) is 0. The average Bonchev–Trinajstić information content (AvgIpc) is 2.97. The molecule has 0 saturated carbocycles. The maximum atomic E-state index is 13.1. The highest BCUT2D eigenvalue weighted by Gasteiger charge is 2.24. The smallest absolute Gasteiger partial charge is 0.360 e. The Morgan fingerprint density at radius 2 is 2.09 bits per heavy atom. The van der Waals surface area contributed by atoms with Gasteiger partial charge in [-0.05, 0) is 58.7 Å². The molecule has 0 spiro atoms. The van der Waals surface area contributed by atoms with Crippen molar-refractivity contribution in [3.8, 4) is 17.0 Å². The summed E-state index contributed by atoms with van der Waals surface area (Å²) in [6.45, 7) is 1.83. The second-order valence-corrected chi connectivity index (χ2v) is 6.09. The van der Waals surface area contributed by atoms with Gasteiger partial charge in [-0.1, -0.05) is 0 Å². The number of carbonyl (C=O) groups excluding carboxylic acids is 1. The lowest BCUT2D eigenvalue weighted by Gasteiger charge is -2.07. The molecule has 0 aliphatic rings. The number of esters is 1. The summed E-state index contributed by atoms with van der Waals surface area (Å²) in [6, 6.07) is 5.73. The molecule has 118 valence electrons. The summed E-state index contributed by atoms with van der Waals surface area (Å²) in [5.74, 6) is -1.38. The summed E-state index contributed by atoms with van der Waals surface area (Å²) in [5.41, 5.74) is 0.895. The van der Waals surface area contributed by atoms with E-state index in [1.54, 1.807) is 19.1 Å². The first-order chi connectivity index (χ1) is 11.0. The molecule has 2 aromatic heterocycles. The van der Waals surface area contributed by atoms with Gasteiger partial charge in [-0.25, -0.2) is 14.2 Å². The number of rotatable bonds is 3. The van der Waals surface area contributed by atoms with Crippen LogP contribution in [0.4, 0.5) is 4.39 Å². The van der Waals surface area contributed by atoms with Crippen LogP contribution in [0.2, 0.25) is 0 Å². The number of ether oxygens (including phenoxy) is 1. The quantitative estimate of drug-likeness (QED) is 0.531. The Bertz CT molecular complexity index is 896. The molecule has 23 heavy (non-hydrogen) atoms. The standard InChI is InChI=1S/C15H10BrFN2O3S/c1-2-22-15(21)11-12(20)9-10(7-3-5-8(17)6-4-7)19-23-13(9)14(16)18-11/h3-6,20H,2H2,1H3. The van der Waals surface area contributed by atoms with Crippen LogP contribution in [0.5, 0.6) is 5.75 Å². The van der Waals surface area contributed by atoms with Gasteiger partial charge < -0.3 is 9.84 Å². The third-order valence-corrected chi connectivity index (χ3v) is 4.83. The fraction of sp³-hybridized carbons (Fsp3) is 0.133. The Morgan fingerprint density at radius 3 is 2.74 bits per heavy atom. The van der Waals surface area contributed by atoms with Gasteiger partial charge in [0.05, 0.1) is 22.4 Å². The summed E-state index contributed by atoms with van der Waals surface area (Å²) in [4.78, 5) is 16.0. The molecule has 3 aromatic rings. The van der Waals surface area contributed by atoms with Crippen LogP contribution in [-0.4, -0.2) is 27.0 Å². The van der Waals surface area contributed by atoms with E-state index in [2.05, 4.69) is 25.3 Å². The molecule has 0 aliphatic carbocycles. The largest absolute Gasteiger partial charge is 0.505 e. The number of fused-ring (bicyclic) bond motifs is 1. The zero-order valence-electron chi connectivity index (χ0n) is 11.8. The summed E-state index contributed by atoms with van der Waals surface area (Å²) in [5, 5.41) is 10.8. The molecule has 0 atom stereocenters. The zero-order chi connectivity index (χ0) is 16.6. The van der Waals surface area contributed by atoms with E-state index >= 15 is 0 Å². The molecule has 0 amide bonds. The van der Waals surface area contributed by atoms with Gasteiger partial charge in [0, 0.05) is 5.56 Å². The zero-order valence-corrected chi connectivity index (χ0v) is 14.2. The number of pyridine rings is 1. The van der Waals surface area contributed by atoms with Crippen LogP contribution in [0, 0.1) is 5.82 Å². The molecular formula is C15H10BrFN2O3S. The van der Waals surface area contributed by atoms with Gasteiger partial charge in [0.15, 0.2) is 11.4 Å². The van der Waals surface area contributed by atoms with Crippen LogP contribution < -0.4 is 0 Å². The molecule has 0 radical (unpaired) electrons. The monoisotopic (exact) mass is 396 g/mol. The number of halogens is 2. The van der Waals surface area contributed by atoms with Crippen LogP contribution in [0.3, 0.4) is 0 Å². The van der Waals surface area contributed by atoms with Crippen LogP contribution in [0.25, 0.3) is 21.3 Å². The number of aromatic nitrogens is 2. The van der Waals surface area contributed by atoms with Crippen molar-refractivity contribution in [3.63, 3.8) is 0 Å². The Labute approximate surface area is 143 Å². The van der Waals surface area contributed by atoms with E-state index in [4.69, 9.17) is 4.74 Å². The Kier molecular flexibility index (Phi) is 4.27. The fourth-order valence-corrected chi connectivity index (χ4v) is 3.50. The minimum absolute atomic E-state index is 0.169. The molecule has 0 fully saturated rings. The highest BCUT2D eigenvalue weighted by Crippen LogP contribution is 2.41. The van der Waals surface area contributed by atoms with Gasteiger partial charge in [-0.15, -0.1) is 0 Å². The number of nitrogens with zero attached hydrogens (tertiary/aromatic N) is 2. The Balaban J connectivity index is 2.25. The van der Waals surface area contributed by atoms with Crippen molar-refractivity contribution in [1.29, 1.82) is 0 Å². The van der Waals surface area contributed by atoms with Gasteiger partial charge in [0.25, 0.3) is 0 Å². The minimum atomic E-state index is -0.719. The van der Waals surface area contributed by atoms with Crippen molar-refractivity contribution >= 4 is 43.5 Å². The highest BCUT2D eigenvalue weighted by atomic mass is 79.9. The molecule has 0 unspecified atom stereocenters. The molecule has 0 saturated heterocycles. The van der Waals surface area contributed by atoms with E-state index in [-0.39, 0.29) is 23.9 Å². The highest BCUT2D eigenvalue weighted by molar-refractivity contribution is 9.10. The summed E-state index contributed by atoms with van der Waals surface area (Å²) < 4.78 is 23.3. The van der Waals surface area contributed by atoms with Crippen molar-refractivity contribution < 1.29 is 19.0 Å². The van der Waals surface area contributed by atoms with Crippen molar-refractivity contribution in [2.75, 3.05) is 6.61 Å². The van der Waals surface area contributed by atoms with Crippen LogP contribution >= 0.6 is 27.5 Å². The molecule has 2 heterocycles. The lowest BCUT2D eigenvalue weighted by atomic mass is 10.1. The molecule has 0 bridgehead atoms. The molecule has 1 aromatic carbocycles. The number of benzene rings is 1. The number of aromatic hydroxyl groups is 1. The molecule has 8 heteroatoms. The normalized spacial score (nSPS) is 10.9. The topological polar surface area (TPSA) is 72.3 Å². The van der Waals surface area contributed by atoms with Crippen molar-refractivity contribution in [2.45, 2.75) is 6.92 Å². The maximum Gasteiger partial charge on any atom is 0.360 e. The van der Waals surface area contributed by atoms with Gasteiger partial charge >= 0.3 is 5.97 Å². The number of carbonyl (C=O) groups is 1. The van der Waals surface area contributed by atoms with E-state index < -0.39 is 5.97 Å². The van der Waals surface area contributed by atoms with E-state index in [0.29, 0.717) is 25.9 Å². The third kappa shape index (κ3) is 2.79. The average molecular weight is 397 g/mol. The Morgan fingerprint density at radius 1 is 1.39 bits per heavy atom. The first-order valence-corrected chi connectivity index (χ1v) is 8.20. The summed E-state index contributed by atoms with van der Waals surface area (Å²) >= 11 is 4.40. The second-order valence-electron chi connectivity index (χ2n) is 4.56. The first kappa shape index (κ1) is 15.8. The maximum absolute atomic E-state index is 13.1. The minimum Gasteiger partial charge on any atom is -0.505 e. The number of hydrogen-bond acceptors (Lipinski definition) is 6. The van der Waals surface area contributed by atoms with E-state index in [0.717, 1.165) is 11.5 Å². The van der Waals surface area contributed by atoms with Crippen LogP contribution in [-0.2, 0) is 4.74 Å². The van der Waals surface area contributed by atoms with Crippen LogP contribution in [0.15, 0.2) is 28.9 Å². The lowest BCUT2D eigenvalue weighted by Crippen LogP contribution is -2.07.